The van der Waals surface area contributed by atoms with E-state index in [0.29, 0.717) is 50.2 Å². The van der Waals surface area contributed by atoms with Gasteiger partial charge in [0.05, 0.1) is 24.3 Å². The lowest BCUT2D eigenvalue weighted by Gasteiger charge is -2.23. The smallest absolute Gasteiger partial charge is 0.418 e. The van der Waals surface area contributed by atoms with Crippen LogP contribution in [0.4, 0.5) is 18.0 Å². The largest absolute Gasteiger partial charge is 0.493 e. The Balaban J connectivity index is 1.14. The summed E-state index contributed by atoms with van der Waals surface area (Å²) in [4.78, 5) is 31.3. The first-order valence-corrected chi connectivity index (χ1v) is 14.1. The molecule has 1 saturated heterocycles. The van der Waals surface area contributed by atoms with Crippen molar-refractivity contribution >= 4 is 22.8 Å². The van der Waals surface area contributed by atoms with E-state index >= 15 is 0 Å². The van der Waals surface area contributed by atoms with Gasteiger partial charge in [-0.25, -0.2) is 4.79 Å². The molecule has 1 aromatic heterocycles. The number of nitrogens with one attached hydrogen (secondary N) is 1. The zero-order chi connectivity index (χ0) is 29.2. The molecule has 218 valence electrons. The lowest BCUT2D eigenvalue weighted by Crippen LogP contribution is -2.41. The molecule has 0 saturated carbocycles. The van der Waals surface area contributed by atoms with Crippen LogP contribution < -0.4 is 14.8 Å². The molecule has 2 aliphatic heterocycles. The van der Waals surface area contributed by atoms with Gasteiger partial charge in [-0.2, -0.15) is 13.2 Å². The summed E-state index contributed by atoms with van der Waals surface area (Å²) >= 11 is 0. The minimum atomic E-state index is -4.50. The van der Waals surface area contributed by atoms with Crippen molar-refractivity contribution in [2.24, 2.45) is 0 Å². The number of hydrogen-bond acceptors (Lipinski definition) is 5. The molecule has 1 N–H and O–H groups in total. The van der Waals surface area contributed by atoms with Crippen LogP contribution in [-0.2, 0) is 29.4 Å². The number of aryl methyl sites for hydroxylation is 1. The van der Waals surface area contributed by atoms with Crippen LogP contribution in [-0.4, -0.2) is 41.6 Å². The van der Waals surface area contributed by atoms with Crippen molar-refractivity contribution < 1.29 is 32.2 Å². The van der Waals surface area contributed by atoms with E-state index in [1.807, 2.05) is 25.1 Å². The van der Waals surface area contributed by atoms with E-state index in [9.17, 15) is 22.8 Å². The van der Waals surface area contributed by atoms with E-state index in [1.165, 1.54) is 17.2 Å². The first-order chi connectivity index (χ1) is 19.6. The number of unbranched alkanes of at least 4 members (excludes halogenated alkanes) is 3. The average Bonchev–Trinajstić information content (AvgIpc) is 3.50. The number of fused-ring (bicyclic) bond motifs is 2. The van der Waals surface area contributed by atoms with Crippen LogP contribution in [0.3, 0.4) is 0 Å². The molecule has 5 rings (SSSR count). The SMILES string of the molecule is CCCc1cnc2c(C(F)(F)F)cccc2c1OCCCCCCN1C(=O)NC(C)(c2ccc3c(c2)CCO3)C1=O. The van der Waals surface area contributed by atoms with Crippen molar-refractivity contribution in [3.8, 4) is 11.5 Å². The Labute approximate surface area is 237 Å². The molecule has 0 aliphatic carbocycles. The number of amides is 3. The Morgan fingerprint density at radius 1 is 1.12 bits per heavy atom. The third-order valence-corrected chi connectivity index (χ3v) is 7.81. The fourth-order valence-electron chi connectivity index (χ4n) is 5.58. The standard InChI is InChI=1S/C31H34F3N3O4/c1-3-9-21-19-35-26-23(10-8-11-24(26)31(32,33)34)27(21)41-16-7-5-4-6-15-37-28(38)30(2,36-29(37)39)22-12-13-25-20(18-22)14-17-40-25/h8,10-13,18-19H,3-7,9,14-17H2,1-2H3,(H,36,39). The van der Waals surface area contributed by atoms with Gasteiger partial charge in [0.25, 0.3) is 5.91 Å². The molecule has 1 unspecified atom stereocenters. The summed E-state index contributed by atoms with van der Waals surface area (Å²) in [6.45, 7) is 5.00. The number of ether oxygens (including phenoxy) is 2. The third kappa shape index (κ3) is 5.69. The van der Waals surface area contributed by atoms with Crippen LogP contribution in [0.5, 0.6) is 11.5 Å². The number of halogens is 3. The normalized spacial score (nSPS) is 18.5. The highest BCUT2D eigenvalue weighted by molar-refractivity contribution is 6.07. The summed E-state index contributed by atoms with van der Waals surface area (Å²) in [5, 5.41) is 3.23. The number of benzene rings is 2. The fraction of sp³-hybridized carbons (Fsp3) is 0.452. The number of alkyl halides is 3. The maximum Gasteiger partial charge on any atom is 0.418 e. The zero-order valence-electron chi connectivity index (χ0n) is 23.3. The summed E-state index contributed by atoms with van der Waals surface area (Å²) in [6, 6.07) is 9.25. The van der Waals surface area contributed by atoms with Gasteiger partial charge in [0.15, 0.2) is 0 Å². The molecule has 0 bridgehead atoms. The van der Waals surface area contributed by atoms with Crippen LogP contribution in [0, 0.1) is 0 Å². The van der Waals surface area contributed by atoms with Gasteiger partial charge in [-0.3, -0.25) is 14.7 Å². The highest BCUT2D eigenvalue weighted by Gasteiger charge is 2.49. The summed E-state index contributed by atoms with van der Waals surface area (Å²) < 4.78 is 52.2. The van der Waals surface area contributed by atoms with Crippen LogP contribution in [0.2, 0.25) is 0 Å². The topological polar surface area (TPSA) is 80.8 Å². The minimum Gasteiger partial charge on any atom is -0.493 e. The van der Waals surface area contributed by atoms with E-state index < -0.39 is 23.3 Å². The van der Waals surface area contributed by atoms with Crippen LogP contribution in [0.15, 0.2) is 42.6 Å². The van der Waals surface area contributed by atoms with Gasteiger partial charge in [0, 0.05) is 30.1 Å². The highest BCUT2D eigenvalue weighted by Crippen LogP contribution is 2.38. The number of pyridine rings is 1. The van der Waals surface area contributed by atoms with Gasteiger partial charge >= 0.3 is 12.2 Å². The molecule has 2 aliphatic rings. The molecular weight excluding hydrogens is 535 g/mol. The maximum absolute atomic E-state index is 13.5. The lowest BCUT2D eigenvalue weighted by atomic mass is 9.90. The Hall–Kier alpha value is -3.82. The molecular formula is C31H34F3N3O4. The number of carbonyl (C=O) groups is 2. The fourth-order valence-corrected chi connectivity index (χ4v) is 5.58. The van der Waals surface area contributed by atoms with Crippen molar-refractivity contribution in [2.45, 2.75) is 70.5 Å². The number of imide groups is 1. The molecule has 0 spiro atoms. The Bertz CT molecular complexity index is 1460. The number of nitrogens with zero attached hydrogens (tertiary/aromatic N) is 2. The number of rotatable bonds is 11. The Morgan fingerprint density at radius 2 is 1.93 bits per heavy atom. The second kappa shape index (κ2) is 11.6. The summed E-state index contributed by atoms with van der Waals surface area (Å²) in [5.41, 5.74) is 0.574. The molecule has 41 heavy (non-hydrogen) atoms. The van der Waals surface area contributed by atoms with Crippen molar-refractivity contribution in [2.75, 3.05) is 19.8 Å². The van der Waals surface area contributed by atoms with Crippen LogP contribution in [0.25, 0.3) is 10.9 Å². The number of urea groups is 1. The van der Waals surface area contributed by atoms with Gasteiger partial charge in [-0.15, -0.1) is 0 Å². The maximum atomic E-state index is 13.5. The minimum absolute atomic E-state index is 0.108. The molecule has 10 heteroatoms. The highest BCUT2D eigenvalue weighted by atomic mass is 19.4. The second-order valence-corrected chi connectivity index (χ2v) is 10.8. The molecule has 1 fully saturated rings. The molecule has 7 nitrogen and oxygen atoms in total. The summed E-state index contributed by atoms with van der Waals surface area (Å²) in [5.74, 6) is 1.01. The summed E-state index contributed by atoms with van der Waals surface area (Å²) in [7, 11) is 0. The number of aromatic nitrogens is 1. The van der Waals surface area contributed by atoms with E-state index in [0.717, 1.165) is 54.2 Å². The van der Waals surface area contributed by atoms with E-state index in [1.54, 1.807) is 13.0 Å². The number of para-hydroxylation sites is 1. The molecule has 3 heterocycles. The zero-order valence-corrected chi connectivity index (χ0v) is 23.3. The number of carbonyl (C=O) groups excluding carboxylic acids is 2. The van der Waals surface area contributed by atoms with Crippen molar-refractivity contribution in [3.63, 3.8) is 0 Å². The van der Waals surface area contributed by atoms with E-state index in [-0.39, 0.29) is 11.4 Å². The Kier molecular flexibility index (Phi) is 8.11. The van der Waals surface area contributed by atoms with Crippen molar-refractivity contribution in [1.82, 2.24) is 15.2 Å². The van der Waals surface area contributed by atoms with Crippen molar-refractivity contribution in [1.29, 1.82) is 0 Å². The lowest BCUT2D eigenvalue weighted by molar-refractivity contribution is -0.136. The molecule has 3 amide bonds. The first kappa shape index (κ1) is 28.7. The molecule has 0 radical (unpaired) electrons. The van der Waals surface area contributed by atoms with Crippen molar-refractivity contribution in [3.05, 3.63) is 64.8 Å². The molecule has 1 atom stereocenters. The number of hydrogen-bond donors (Lipinski definition) is 1. The monoisotopic (exact) mass is 569 g/mol. The van der Waals surface area contributed by atoms with E-state index in [2.05, 4.69) is 10.3 Å². The van der Waals surface area contributed by atoms with Crippen LogP contribution in [0.1, 0.15) is 68.2 Å². The Morgan fingerprint density at radius 3 is 2.71 bits per heavy atom. The van der Waals surface area contributed by atoms with Gasteiger partial charge < -0.3 is 14.8 Å². The predicted octanol–water partition coefficient (Wildman–Crippen LogP) is 6.55. The van der Waals surface area contributed by atoms with Crippen LogP contribution >= 0.6 is 0 Å². The average molecular weight is 570 g/mol. The third-order valence-electron chi connectivity index (χ3n) is 7.81. The first-order valence-electron chi connectivity index (χ1n) is 14.1. The second-order valence-electron chi connectivity index (χ2n) is 10.8. The summed E-state index contributed by atoms with van der Waals surface area (Å²) in [6.07, 6.45) is 2.10. The van der Waals surface area contributed by atoms with Gasteiger partial charge in [0.2, 0.25) is 0 Å². The van der Waals surface area contributed by atoms with Gasteiger partial charge in [0.1, 0.15) is 17.0 Å². The molecule has 2 aromatic carbocycles. The van der Waals surface area contributed by atoms with Gasteiger partial charge in [-0.05, 0) is 61.6 Å². The van der Waals surface area contributed by atoms with Gasteiger partial charge in [-0.1, -0.05) is 38.3 Å². The van der Waals surface area contributed by atoms with E-state index in [4.69, 9.17) is 9.47 Å². The quantitative estimate of drug-likeness (QED) is 0.209. The molecule has 3 aromatic rings. The predicted molar refractivity (Wildman–Crippen MR) is 148 cm³/mol.